The van der Waals surface area contributed by atoms with Crippen LogP contribution in [0.2, 0.25) is 0 Å². The first kappa shape index (κ1) is 8.55. The maximum absolute atomic E-state index is 10.9. The summed E-state index contributed by atoms with van der Waals surface area (Å²) in [4.78, 5) is 10.9. The van der Waals surface area contributed by atoms with Crippen molar-refractivity contribution in [3.63, 3.8) is 0 Å². The van der Waals surface area contributed by atoms with E-state index in [4.69, 9.17) is 10.4 Å². The minimum Gasteiger partial charge on any atom is -0.480 e. The van der Waals surface area contributed by atoms with Gasteiger partial charge in [-0.05, 0) is 31.1 Å². The third kappa shape index (κ3) is 1.05. The van der Waals surface area contributed by atoms with E-state index in [0.717, 1.165) is 12.8 Å². The van der Waals surface area contributed by atoms with Gasteiger partial charge in [-0.25, -0.2) is 0 Å². The summed E-state index contributed by atoms with van der Waals surface area (Å²) in [6, 6.07) is 1.97. The average Bonchev–Trinajstić information content (AvgIpc) is 2.48. The van der Waals surface area contributed by atoms with Crippen LogP contribution in [-0.4, -0.2) is 11.1 Å². The molecule has 0 heterocycles. The van der Waals surface area contributed by atoms with Crippen molar-refractivity contribution < 1.29 is 9.90 Å². The van der Waals surface area contributed by atoms with Gasteiger partial charge in [-0.2, -0.15) is 5.26 Å². The maximum Gasteiger partial charge on any atom is 0.324 e. The van der Waals surface area contributed by atoms with Gasteiger partial charge in [0.25, 0.3) is 0 Å². The van der Waals surface area contributed by atoms with Crippen LogP contribution in [0.4, 0.5) is 0 Å². The van der Waals surface area contributed by atoms with Gasteiger partial charge in [0.1, 0.15) is 0 Å². The first-order valence-corrected chi connectivity index (χ1v) is 4.77. The van der Waals surface area contributed by atoms with Crippen molar-refractivity contribution in [1.29, 1.82) is 5.26 Å². The molecule has 70 valence electrons. The highest BCUT2D eigenvalue weighted by Gasteiger charge is 2.60. The second-order valence-corrected chi connectivity index (χ2v) is 4.56. The van der Waals surface area contributed by atoms with Crippen molar-refractivity contribution >= 4 is 5.97 Å². The fourth-order valence-corrected chi connectivity index (χ4v) is 2.99. The highest BCUT2D eigenvalue weighted by Crippen LogP contribution is 2.62. The molecule has 0 aliphatic heterocycles. The minimum atomic E-state index is -1.04. The molecular weight excluding hydrogens is 166 g/mol. The van der Waals surface area contributed by atoms with Crippen molar-refractivity contribution in [2.45, 2.75) is 38.5 Å². The molecule has 0 aromatic heterocycles. The van der Waals surface area contributed by atoms with Gasteiger partial charge >= 0.3 is 5.97 Å². The van der Waals surface area contributed by atoms with E-state index in [-0.39, 0.29) is 5.41 Å². The Labute approximate surface area is 77.4 Å². The summed E-state index contributed by atoms with van der Waals surface area (Å²) < 4.78 is 0. The van der Waals surface area contributed by atoms with Gasteiger partial charge in [0.15, 0.2) is 5.41 Å². The number of carboxylic acid groups (broad SMARTS) is 1. The molecule has 0 bridgehead atoms. The fourth-order valence-electron chi connectivity index (χ4n) is 2.99. The van der Waals surface area contributed by atoms with Crippen molar-refractivity contribution in [1.82, 2.24) is 0 Å². The number of hydrogen-bond acceptors (Lipinski definition) is 2. The van der Waals surface area contributed by atoms with Crippen LogP contribution >= 0.6 is 0 Å². The lowest BCUT2D eigenvalue weighted by Crippen LogP contribution is -2.49. The molecule has 0 amide bonds. The van der Waals surface area contributed by atoms with Gasteiger partial charge in [0.05, 0.1) is 6.07 Å². The Hall–Kier alpha value is -1.04. The van der Waals surface area contributed by atoms with Crippen LogP contribution in [0, 0.1) is 22.2 Å². The molecule has 3 nitrogen and oxygen atoms in total. The molecule has 1 spiro atoms. The van der Waals surface area contributed by atoms with Crippen molar-refractivity contribution in [3.8, 4) is 6.07 Å². The molecule has 2 saturated carbocycles. The molecule has 0 aromatic rings. The number of rotatable bonds is 1. The molecule has 0 unspecified atom stereocenters. The van der Waals surface area contributed by atoms with Crippen LogP contribution in [0.5, 0.6) is 0 Å². The third-order valence-electron chi connectivity index (χ3n) is 3.64. The number of carboxylic acids is 1. The second-order valence-electron chi connectivity index (χ2n) is 4.56. The summed E-state index contributed by atoms with van der Waals surface area (Å²) >= 11 is 0. The maximum atomic E-state index is 10.9. The van der Waals surface area contributed by atoms with Crippen LogP contribution in [0.15, 0.2) is 0 Å². The summed E-state index contributed by atoms with van der Waals surface area (Å²) in [5.41, 5.74) is -0.807. The number of hydrogen-bond donors (Lipinski definition) is 1. The van der Waals surface area contributed by atoms with Crippen LogP contribution < -0.4 is 0 Å². The van der Waals surface area contributed by atoms with E-state index >= 15 is 0 Å². The Morgan fingerprint density at radius 3 is 2.23 bits per heavy atom. The molecule has 2 rings (SSSR count). The molecule has 0 atom stereocenters. The number of carbonyl (C=O) groups is 1. The molecule has 0 aromatic carbocycles. The van der Waals surface area contributed by atoms with Gasteiger partial charge in [-0.15, -0.1) is 0 Å². The SMILES string of the molecule is N#CC1(C(=O)O)CC2(CCCC2)C1. The van der Waals surface area contributed by atoms with Crippen LogP contribution in [0.25, 0.3) is 0 Å². The monoisotopic (exact) mass is 179 g/mol. The van der Waals surface area contributed by atoms with Crippen molar-refractivity contribution in [3.05, 3.63) is 0 Å². The van der Waals surface area contributed by atoms with E-state index in [1.165, 1.54) is 12.8 Å². The lowest BCUT2D eigenvalue weighted by molar-refractivity contribution is -0.158. The smallest absolute Gasteiger partial charge is 0.324 e. The normalized spacial score (nSPS) is 27.9. The second kappa shape index (κ2) is 2.47. The van der Waals surface area contributed by atoms with Gasteiger partial charge in [0.2, 0.25) is 0 Å². The highest BCUT2D eigenvalue weighted by atomic mass is 16.4. The summed E-state index contributed by atoms with van der Waals surface area (Å²) in [6.07, 6.45) is 5.85. The molecule has 0 saturated heterocycles. The van der Waals surface area contributed by atoms with Crippen LogP contribution in [-0.2, 0) is 4.79 Å². The van der Waals surface area contributed by atoms with E-state index in [1.807, 2.05) is 6.07 Å². The third-order valence-corrected chi connectivity index (χ3v) is 3.64. The van der Waals surface area contributed by atoms with Crippen molar-refractivity contribution in [2.75, 3.05) is 0 Å². The minimum absolute atomic E-state index is 0.230. The van der Waals surface area contributed by atoms with Gasteiger partial charge < -0.3 is 5.11 Å². The lowest BCUT2D eigenvalue weighted by Gasteiger charge is -2.48. The topological polar surface area (TPSA) is 61.1 Å². The van der Waals surface area contributed by atoms with Crippen molar-refractivity contribution in [2.24, 2.45) is 10.8 Å². The molecule has 2 aliphatic carbocycles. The molecular formula is C10H13NO2. The summed E-state index contributed by atoms with van der Waals surface area (Å²) in [7, 11) is 0. The molecule has 2 aliphatic rings. The van der Waals surface area contributed by atoms with E-state index in [9.17, 15) is 4.79 Å². The molecule has 13 heavy (non-hydrogen) atoms. The summed E-state index contributed by atoms with van der Waals surface area (Å²) in [5.74, 6) is -0.924. The van der Waals surface area contributed by atoms with E-state index in [1.54, 1.807) is 0 Å². The number of aliphatic carboxylic acids is 1. The van der Waals surface area contributed by atoms with Crippen LogP contribution in [0.3, 0.4) is 0 Å². The Balaban J connectivity index is 2.10. The predicted molar refractivity (Wildman–Crippen MR) is 45.8 cm³/mol. The van der Waals surface area contributed by atoms with Gasteiger partial charge in [-0.1, -0.05) is 12.8 Å². The summed E-state index contributed by atoms with van der Waals surface area (Å²) in [6.45, 7) is 0. The van der Waals surface area contributed by atoms with E-state index < -0.39 is 11.4 Å². The van der Waals surface area contributed by atoms with Crippen LogP contribution in [0.1, 0.15) is 38.5 Å². The zero-order valence-electron chi connectivity index (χ0n) is 7.55. The van der Waals surface area contributed by atoms with E-state index in [2.05, 4.69) is 0 Å². The number of nitriles is 1. The zero-order chi connectivity index (χ0) is 9.53. The van der Waals surface area contributed by atoms with E-state index in [0.29, 0.717) is 12.8 Å². The Morgan fingerprint density at radius 2 is 1.85 bits per heavy atom. The predicted octanol–water partition coefficient (Wildman–Crippen LogP) is 1.94. The van der Waals surface area contributed by atoms with Gasteiger partial charge in [-0.3, -0.25) is 4.79 Å². The molecule has 2 fully saturated rings. The highest BCUT2D eigenvalue weighted by molar-refractivity contribution is 5.79. The first-order chi connectivity index (χ1) is 6.13. The Morgan fingerprint density at radius 1 is 1.31 bits per heavy atom. The Bertz CT molecular complexity index is 276. The fraction of sp³-hybridized carbons (Fsp3) is 0.800. The van der Waals surface area contributed by atoms with Gasteiger partial charge in [0, 0.05) is 0 Å². The first-order valence-electron chi connectivity index (χ1n) is 4.77. The summed E-state index contributed by atoms with van der Waals surface area (Å²) in [5, 5.41) is 17.7. The average molecular weight is 179 g/mol. The quantitative estimate of drug-likeness (QED) is 0.669. The molecule has 0 radical (unpaired) electrons. The molecule has 3 heteroatoms. The number of nitrogens with zero attached hydrogens (tertiary/aromatic N) is 1. The largest absolute Gasteiger partial charge is 0.480 e. The zero-order valence-corrected chi connectivity index (χ0v) is 7.55. The molecule has 1 N–H and O–H groups in total. The standard InChI is InChI=1S/C10H13NO2/c11-7-10(8(12)13)5-9(6-10)3-1-2-4-9/h1-6H2,(H,12,13). The Kier molecular flexibility index (Phi) is 1.63. The lowest BCUT2D eigenvalue weighted by atomic mass is 9.52.